The minimum atomic E-state index is -0.0791. The predicted octanol–water partition coefficient (Wildman–Crippen LogP) is 6.25. The van der Waals surface area contributed by atoms with Crippen LogP contribution in [0.15, 0.2) is 108 Å². The molecule has 0 atom stereocenters. The van der Waals surface area contributed by atoms with Gasteiger partial charge >= 0.3 is 0 Å². The predicted molar refractivity (Wildman–Crippen MR) is 144 cm³/mol. The standard InChI is InChI=1S/C29H17N5OS/c35-28-21-13-7-8-14-22(21)30-29-34(28)23-17-20(15-16-24(23)36-29)27-32-25(18-9-3-1-4-10-18)31-26(33-27)19-11-5-2-6-12-19/h1-17H. The van der Waals surface area contributed by atoms with Crippen LogP contribution in [-0.4, -0.2) is 24.3 Å². The van der Waals surface area contributed by atoms with E-state index in [-0.39, 0.29) is 5.56 Å². The molecule has 170 valence electrons. The third-order valence-electron chi connectivity index (χ3n) is 6.10. The van der Waals surface area contributed by atoms with Gasteiger partial charge in [-0.25, -0.2) is 19.9 Å². The van der Waals surface area contributed by atoms with Gasteiger partial charge in [-0.2, -0.15) is 0 Å². The van der Waals surface area contributed by atoms with E-state index in [0.717, 1.165) is 26.9 Å². The van der Waals surface area contributed by atoms with Crippen LogP contribution in [0.4, 0.5) is 0 Å². The van der Waals surface area contributed by atoms with Crippen LogP contribution < -0.4 is 5.56 Å². The molecular weight excluding hydrogens is 466 g/mol. The van der Waals surface area contributed by atoms with Crippen molar-refractivity contribution in [2.24, 2.45) is 0 Å². The van der Waals surface area contributed by atoms with Gasteiger partial charge in [0.1, 0.15) is 0 Å². The first-order chi connectivity index (χ1) is 17.7. The number of fused-ring (bicyclic) bond motifs is 4. The van der Waals surface area contributed by atoms with E-state index >= 15 is 0 Å². The molecule has 6 nitrogen and oxygen atoms in total. The van der Waals surface area contributed by atoms with Crippen molar-refractivity contribution in [3.05, 3.63) is 113 Å². The molecule has 0 bridgehead atoms. The maximum absolute atomic E-state index is 13.4. The number of benzene rings is 4. The molecule has 7 heteroatoms. The molecule has 0 aliphatic carbocycles. The van der Waals surface area contributed by atoms with Crippen molar-refractivity contribution in [3.63, 3.8) is 0 Å². The summed E-state index contributed by atoms with van der Waals surface area (Å²) in [7, 11) is 0. The third kappa shape index (κ3) is 3.37. The van der Waals surface area contributed by atoms with Crippen LogP contribution in [0.5, 0.6) is 0 Å². The maximum atomic E-state index is 13.4. The van der Waals surface area contributed by atoms with Crippen molar-refractivity contribution in [1.82, 2.24) is 24.3 Å². The van der Waals surface area contributed by atoms with E-state index in [2.05, 4.69) is 0 Å². The Hall–Kier alpha value is -4.75. The van der Waals surface area contributed by atoms with Gasteiger partial charge < -0.3 is 0 Å². The topological polar surface area (TPSA) is 73.0 Å². The highest BCUT2D eigenvalue weighted by Gasteiger charge is 2.15. The maximum Gasteiger partial charge on any atom is 0.266 e. The first-order valence-electron chi connectivity index (χ1n) is 11.5. The van der Waals surface area contributed by atoms with E-state index in [1.807, 2.05) is 103 Å². The van der Waals surface area contributed by atoms with E-state index in [0.29, 0.717) is 33.3 Å². The van der Waals surface area contributed by atoms with Gasteiger partial charge in [0.05, 0.1) is 21.1 Å². The average molecular weight is 484 g/mol. The summed E-state index contributed by atoms with van der Waals surface area (Å²) in [6.07, 6.45) is 0. The van der Waals surface area contributed by atoms with Crippen LogP contribution in [0, 0.1) is 0 Å². The molecule has 0 N–H and O–H groups in total. The zero-order valence-corrected chi connectivity index (χ0v) is 19.7. The van der Waals surface area contributed by atoms with Crippen LogP contribution in [0.2, 0.25) is 0 Å². The number of nitrogens with zero attached hydrogens (tertiary/aromatic N) is 5. The highest BCUT2D eigenvalue weighted by atomic mass is 32.1. The van der Waals surface area contributed by atoms with Gasteiger partial charge in [-0.15, -0.1) is 0 Å². The van der Waals surface area contributed by atoms with Gasteiger partial charge in [-0.1, -0.05) is 84.1 Å². The molecule has 0 unspecified atom stereocenters. The summed E-state index contributed by atoms with van der Waals surface area (Å²) in [6.45, 7) is 0. The minimum absolute atomic E-state index is 0.0791. The number of hydrogen-bond donors (Lipinski definition) is 0. The van der Waals surface area contributed by atoms with Crippen LogP contribution in [0.3, 0.4) is 0 Å². The molecule has 0 radical (unpaired) electrons. The lowest BCUT2D eigenvalue weighted by Gasteiger charge is -2.08. The van der Waals surface area contributed by atoms with Crippen molar-refractivity contribution in [2.75, 3.05) is 0 Å². The van der Waals surface area contributed by atoms with Crippen LogP contribution in [0.25, 0.3) is 60.2 Å². The summed E-state index contributed by atoms with van der Waals surface area (Å²) in [4.78, 5) is 33.2. The summed E-state index contributed by atoms with van der Waals surface area (Å²) in [6, 6.07) is 33.1. The molecule has 3 aromatic heterocycles. The Morgan fingerprint density at radius 2 is 1.17 bits per heavy atom. The lowest BCUT2D eigenvalue weighted by atomic mass is 10.1. The van der Waals surface area contributed by atoms with Crippen molar-refractivity contribution in [1.29, 1.82) is 0 Å². The first kappa shape index (κ1) is 20.6. The molecule has 0 saturated carbocycles. The second-order valence-corrected chi connectivity index (χ2v) is 9.38. The number of para-hydroxylation sites is 1. The van der Waals surface area contributed by atoms with Gasteiger partial charge in [0.15, 0.2) is 22.4 Å². The van der Waals surface area contributed by atoms with Crippen molar-refractivity contribution in [3.8, 4) is 34.2 Å². The fourth-order valence-electron chi connectivity index (χ4n) is 4.35. The Bertz CT molecular complexity index is 1910. The number of hydrogen-bond acceptors (Lipinski definition) is 6. The van der Waals surface area contributed by atoms with Gasteiger partial charge in [-0.05, 0) is 30.3 Å². The first-order valence-corrected chi connectivity index (χ1v) is 12.3. The van der Waals surface area contributed by atoms with Crippen molar-refractivity contribution < 1.29 is 0 Å². The molecule has 36 heavy (non-hydrogen) atoms. The van der Waals surface area contributed by atoms with Gasteiger partial charge in [0.25, 0.3) is 5.56 Å². The van der Waals surface area contributed by atoms with Gasteiger partial charge in [0.2, 0.25) is 0 Å². The quantitative estimate of drug-likeness (QED) is 0.297. The van der Waals surface area contributed by atoms with Crippen LogP contribution in [0.1, 0.15) is 0 Å². The molecule has 0 aliphatic rings. The lowest BCUT2D eigenvalue weighted by Crippen LogP contribution is -2.13. The zero-order chi connectivity index (χ0) is 24.1. The molecular formula is C29H17N5OS. The van der Waals surface area contributed by atoms with E-state index in [1.165, 1.54) is 11.3 Å². The highest BCUT2D eigenvalue weighted by Crippen LogP contribution is 2.30. The molecule has 7 aromatic rings. The van der Waals surface area contributed by atoms with Crippen molar-refractivity contribution in [2.45, 2.75) is 0 Å². The minimum Gasteiger partial charge on any atom is -0.268 e. The second kappa shape index (κ2) is 8.18. The fourth-order valence-corrected chi connectivity index (χ4v) is 5.35. The summed E-state index contributed by atoms with van der Waals surface area (Å²) in [5, 5.41) is 0.595. The SMILES string of the molecule is O=c1c2ccccc2nc2sc3ccc(-c4nc(-c5ccccc5)nc(-c5ccccc5)n4)cc3n12. The monoisotopic (exact) mass is 483 g/mol. The van der Waals surface area contributed by atoms with E-state index in [4.69, 9.17) is 19.9 Å². The van der Waals surface area contributed by atoms with E-state index < -0.39 is 0 Å². The van der Waals surface area contributed by atoms with E-state index in [1.54, 1.807) is 4.40 Å². The Morgan fingerprint density at radius 1 is 0.583 bits per heavy atom. The molecule has 0 fully saturated rings. The van der Waals surface area contributed by atoms with E-state index in [9.17, 15) is 4.79 Å². The normalized spacial score (nSPS) is 11.4. The Kier molecular flexibility index (Phi) is 4.68. The highest BCUT2D eigenvalue weighted by molar-refractivity contribution is 7.23. The number of thiazole rings is 1. The van der Waals surface area contributed by atoms with Crippen LogP contribution >= 0.6 is 11.3 Å². The molecule has 0 amide bonds. The van der Waals surface area contributed by atoms with Crippen LogP contribution in [-0.2, 0) is 0 Å². The fraction of sp³-hybridized carbons (Fsp3) is 0. The molecule has 0 saturated heterocycles. The molecule has 0 spiro atoms. The number of aromatic nitrogens is 5. The smallest absolute Gasteiger partial charge is 0.266 e. The van der Waals surface area contributed by atoms with Gasteiger partial charge in [0, 0.05) is 16.7 Å². The third-order valence-corrected chi connectivity index (χ3v) is 7.13. The van der Waals surface area contributed by atoms with Crippen molar-refractivity contribution >= 4 is 37.4 Å². The van der Waals surface area contributed by atoms with Gasteiger partial charge in [-0.3, -0.25) is 9.20 Å². The summed E-state index contributed by atoms with van der Waals surface area (Å²) < 4.78 is 2.66. The molecule has 3 heterocycles. The molecule has 7 rings (SSSR count). The second-order valence-electron chi connectivity index (χ2n) is 8.37. The summed E-state index contributed by atoms with van der Waals surface area (Å²) >= 11 is 1.49. The Balaban J connectivity index is 1.48. The largest absolute Gasteiger partial charge is 0.268 e. The average Bonchev–Trinajstić information content (AvgIpc) is 3.31. The zero-order valence-electron chi connectivity index (χ0n) is 18.9. The molecule has 4 aromatic carbocycles. The Labute approximate surface area is 209 Å². The molecule has 0 aliphatic heterocycles. The number of rotatable bonds is 3. The summed E-state index contributed by atoms with van der Waals surface area (Å²) in [5.41, 5.74) is 4.04. The lowest BCUT2D eigenvalue weighted by molar-refractivity contribution is 1.07. The Morgan fingerprint density at radius 3 is 1.83 bits per heavy atom. The summed E-state index contributed by atoms with van der Waals surface area (Å²) in [5.74, 6) is 1.74.